The SMILES string of the molecule is C=C(CCOP(=O)(OOO)[P+](=O)O)C1CC1. The van der Waals surface area contributed by atoms with E-state index in [2.05, 4.69) is 20.8 Å². The lowest BCUT2D eigenvalue weighted by atomic mass is 10.1. The lowest BCUT2D eigenvalue weighted by Gasteiger charge is -2.05. The molecule has 7 nitrogen and oxygen atoms in total. The molecule has 0 aromatic carbocycles. The molecule has 0 aromatic rings. The summed E-state index contributed by atoms with van der Waals surface area (Å²) < 4.78 is 30.4. The van der Waals surface area contributed by atoms with Crippen LogP contribution >= 0.6 is 15.0 Å². The van der Waals surface area contributed by atoms with Crippen LogP contribution in [0.3, 0.4) is 0 Å². The van der Waals surface area contributed by atoms with E-state index in [-0.39, 0.29) is 6.61 Å². The standard InChI is InChI=1S/C7H12O7P2/c1-6(7-2-3-7)4-5-12-16(11,14-13-8)15(9)10/h7H,1-5H2,(H-,8,9,10)/p+1. The van der Waals surface area contributed by atoms with Crippen molar-refractivity contribution in [1.82, 2.24) is 0 Å². The fraction of sp³-hybridized carbons (Fsp3) is 0.714. The Bertz CT molecular complexity index is 325. The Morgan fingerprint density at radius 3 is 2.62 bits per heavy atom. The summed E-state index contributed by atoms with van der Waals surface area (Å²) in [6, 6.07) is 0. The van der Waals surface area contributed by atoms with Gasteiger partial charge < -0.3 is 0 Å². The van der Waals surface area contributed by atoms with E-state index in [0.29, 0.717) is 12.3 Å². The first kappa shape index (κ1) is 13.9. The number of hydrogen-bond donors (Lipinski definition) is 2. The van der Waals surface area contributed by atoms with Crippen LogP contribution in [-0.2, 0) is 23.4 Å². The number of hydrogen-bond acceptors (Lipinski definition) is 6. The summed E-state index contributed by atoms with van der Waals surface area (Å²) in [6.07, 6.45) is 2.59. The van der Waals surface area contributed by atoms with Crippen LogP contribution in [0.15, 0.2) is 12.2 Å². The van der Waals surface area contributed by atoms with E-state index in [4.69, 9.17) is 10.2 Å². The van der Waals surface area contributed by atoms with Gasteiger partial charge in [0, 0.05) is 0 Å². The fourth-order valence-electron chi connectivity index (χ4n) is 1.13. The van der Waals surface area contributed by atoms with Gasteiger partial charge in [0.15, 0.2) is 0 Å². The molecule has 0 radical (unpaired) electrons. The molecule has 2 unspecified atom stereocenters. The van der Waals surface area contributed by atoms with Crippen LogP contribution in [0.4, 0.5) is 0 Å². The molecule has 2 atom stereocenters. The van der Waals surface area contributed by atoms with Gasteiger partial charge in [-0.3, -0.25) is 4.52 Å². The molecule has 1 fully saturated rings. The summed E-state index contributed by atoms with van der Waals surface area (Å²) in [6.45, 7) is 3.73. The van der Waals surface area contributed by atoms with Crippen LogP contribution in [0.5, 0.6) is 0 Å². The summed E-state index contributed by atoms with van der Waals surface area (Å²) in [7, 11) is -7.54. The maximum absolute atomic E-state index is 11.4. The van der Waals surface area contributed by atoms with Crippen LogP contribution in [-0.4, -0.2) is 16.8 Å². The molecule has 16 heavy (non-hydrogen) atoms. The summed E-state index contributed by atoms with van der Waals surface area (Å²) in [5.41, 5.74) is 0.949. The molecule has 1 saturated carbocycles. The monoisotopic (exact) mass is 271 g/mol. The molecule has 1 aliphatic rings. The van der Waals surface area contributed by atoms with Crippen molar-refractivity contribution in [3.05, 3.63) is 12.2 Å². The normalized spacial score (nSPS) is 20.2. The van der Waals surface area contributed by atoms with Crippen molar-refractivity contribution < 1.29 is 33.5 Å². The molecule has 1 aliphatic carbocycles. The minimum Gasteiger partial charge on any atom is -0.267 e. The van der Waals surface area contributed by atoms with E-state index >= 15 is 0 Å². The average Bonchev–Trinajstić information content (AvgIpc) is 3.00. The van der Waals surface area contributed by atoms with Gasteiger partial charge in [0.1, 0.15) is 0 Å². The molecule has 0 heterocycles. The Morgan fingerprint density at radius 2 is 2.19 bits per heavy atom. The van der Waals surface area contributed by atoms with Crippen molar-refractivity contribution in [2.45, 2.75) is 19.3 Å². The van der Waals surface area contributed by atoms with Crippen LogP contribution in [0.1, 0.15) is 19.3 Å². The van der Waals surface area contributed by atoms with Crippen molar-refractivity contribution in [2.75, 3.05) is 6.61 Å². The topological polar surface area (TPSA) is 102 Å². The van der Waals surface area contributed by atoms with Gasteiger partial charge >= 0.3 is 15.0 Å². The van der Waals surface area contributed by atoms with E-state index in [0.717, 1.165) is 18.4 Å². The van der Waals surface area contributed by atoms with Gasteiger partial charge in [-0.15, -0.1) is 0 Å². The Labute approximate surface area is 93.2 Å². The minimum absolute atomic E-state index is 0.0718. The molecular weight excluding hydrogens is 258 g/mol. The van der Waals surface area contributed by atoms with E-state index < -0.39 is 15.0 Å². The van der Waals surface area contributed by atoms with Crippen molar-refractivity contribution in [3.63, 3.8) is 0 Å². The predicted molar refractivity (Wildman–Crippen MR) is 54.7 cm³/mol. The zero-order valence-corrected chi connectivity index (χ0v) is 10.2. The largest absolute Gasteiger partial charge is 0.635 e. The first-order valence-corrected chi connectivity index (χ1v) is 8.04. The molecule has 92 valence electrons. The van der Waals surface area contributed by atoms with Gasteiger partial charge in [0.25, 0.3) is 0 Å². The lowest BCUT2D eigenvalue weighted by molar-refractivity contribution is -0.441. The zero-order chi connectivity index (χ0) is 12.2. The smallest absolute Gasteiger partial charge is 0.267 e. The minimum atomic E-state index is -4.31. The van der Waals surface area contributed by atoms with Gasteiger partial charge in [0.05, 0.1) is 6.61 Å². The molecular formula is C7H13O7P2+. The molecule has 9 heteroatoms. The maximum atomic E-state index is 11.4. The molecule has 0 spiro atoms. The third kappa shape index (κ3) is 4.03. The molecule has 0 amide bonds. The predicted octanol–water partition coefficient (Wildman–Crippen LogP) is 2.62. The Morgan fingerprint density at radius 1 is 1.56 bits per heavy atom. The van der Waals surface area contributed by atoms with E-state index in [9.17, 15) is 9.13 Å². The Hall–Kier alpha value is -0.130. The first-order valence-electron chi connectivity index (χ1n) is 4.58. The highest BCUT2D eigenvalue weighted by Crippen LogP contribution is 2.68. The van der Waals surface area contributed by atoms with E-state index in [1.165, 1.54) is 0 Å². The van der Waals surface area contributed by atoms with Gasteiger partial charge in [-0.25, -0.2) is 9.82 Å². The second-order valence-corrected chi connectivity index (χ2v) is 7.73. The van der Waals surface area contributed by atoms with E-state index in [1.807, 2.05) is 0 Å². The average molecular weight is 271 g/mol. The van der Waals surface area contributed by atoms with Crippen LogP contribution in [0.2, 0.25) is 0 Å². The highest BCUT2D eigenvalue weighted by atomic mass is 32.1. The highest BCUT2D eigenvalue weighted by Gasteiger charge is 2.51. The van der Waals surface area contributed by atoms with Crippen LogP contribution in [0, 0.1) is 5.92 Å². The van der Waals surface area contributed by atoms with Crippen LogP contribution < -0.4 is 0 Å². The fourth-order valence-corrected chi connectivity index (χ4v) is 2.54. The molecule has 0 saturated heterocycles. The first-order chi connectivity index (χ1) is 7.49. The lowest BCUT2D eigenvalue weighted by Crippen LogP contribution is -1.97. The maximum Gasteiger partial charge on any atom is 0.635 e. The molecule has 1 rings (SSSR count). The van der Waals surface area contributed by atoms with E-state index in [1.54, 1.807) is 0 Å². The summed E-state index contributed by atoms with van der Waals surface area (Å²) in [5, 5.41) is 11.1. The van der Waals surface area contributed by atoms with Crippen molar-refractivity contribution >= 4 is 15.0 Å². The van der Waals surface area contributed by atoms with Crippen molar-refractivity contribution in [2.24, 2.45) is 5.92 Å². The second kappa shape index (κ2) is 5.98. The second-order valence-electron chi connectivity index (χ2n) is 3.39. The van der Waals surface area contributed by atoms with Crippen molar-refractivity contribution in [3.8, 4) is 0 Å². The van der Waals surface area contributed by atoms with Gasteiger partial charge in [-0.2, -0.15) is 4.89 Å². The Kier molecular flexibility index (Phi) is 5.21. The van der Waals surface area contributed by atoms with Crippen molar-refractivity contribution in [1.29, 1.82) is 0 Å². The molecule has 0 bridgehead atoms. The van der Waals surface area contributed by atoms with Gasteiger partial charge in [-0.05, 0) is 29.7 Å². The summed E-state index contributed by atoms with van der Waals surface area (Å²) in [5.74, 6) is 0.473. The molecule has 2 N–H and O–H groups in total. The Balaban J connectivity index is 2.34. The number of rotatable bonds is 8. The van der Waals surface area contributed by atoms with Gasteiger partial charge in [0.2, 0.25) is 0 Å². The third-order valence-corrected chi connectivity index (χ3v) is 5.16. The molecule has 0 aromatic heterocycles. The highest BCUT2D eigenvalue weighted by molar-refractivity contribution is 8.20. The van der Waals surface area contributed by atoms with Gasteiger partial charge in [-0.1, -0.05) is 21.9 Å². The summed E-state index contributed by atoms with van der Waals surface area (Å²) >= 11 is 0. The third-order valence-electron chi connectivity index (χ3n) is 2.17. The molecule has 0 aliphatic heterocycles. The van der Waals surface area contributed by atoms with Crippen LogP contribution in [0.25, 0.3) is 0 Å². The zero-order valence-electron chi connectivity index (χ0n) is 8.44. The quantitative estimate of drug-likeness (QED) is 0.302. The summed E-state index contributed by atoms with van der Waals surface area (Å²) in [4.78, 5) is 8.67.